The van der Waals surface area contributed by atoms with Gasteiger partial charge < -0.3 is 0 Å². The van der Waals surface area contributed by atoms with Crippen molar-refractivity contribution in [1.29, 1.82) is 0 Å². The third-order valence-electron chi connectivity index (χ3n) is 1.25. The molecule has 1 aromatic rings. The zero-order valence-corrected chi connectivity index (χ0v) is 10.1. The lowest BCUT2D eigenvalue weighted by Crippen LogP contribution is -1.95. The van der Waals surface area contributed by atoms with Crippen LogP contribution in [0.25, 0.3) is 0 Å². The van der Waals surface area contributed by atoms with Gasteiger partial charge in [-0.05, 0) is 62.3 Å². The van der Waals surface area contributed by atoms with E-state index in [1.54, 1.807) is 0 Å². The molecule has 0 unspecified atom stereocenters. The molecule has 0 amide bonds. The molecular formula is C7H2BrClFIO. The molecular weight excluding hydrogens is 361 g/mol. The van der Waals surface area contributed by atoms with Crippen molar-refractivity contribution in [3.63, 3.8) is 0 Å². The molecule has 0 bridgehead atoms. The summed E-state index contributed by atoms with van der Waals surface area (Å²) >= 11 is 10.1. The minimum Gasteiger partial charge on any atom is -0.276 e. The summed E-state index contributed by atoms with van der Waals surface area (Å²) in [5, 5.41) is -0.583. The van der Waals surface area contributed by atoms with Gasteiger partial charge in [0.1, 0.15) is 5.82 Å². The van der Waals surface area contributed by atoms with Gasteiger partial charge in [0.2, 0.25) is 0 Å². The Balaban J connectivity index is 3.36. The van der Waals surface area contributed by atoms with Crippen LogP contribution in [0, 0.1) is 9.39 Å². The smallest absolute Gasteiger partial charge is 0.253 e. The Bertz CT molecular complexity index is 342. The molecule has 0 saturated heterocycles. The molecule has 0 radical (unpaired) electrons. The van der Waals surface area contributed by atoms with E-state index < -0.39 is 11.1 Å². The van der Waals surface area contributed by atoms with Crippen molar-refractivity contribution in [1.82, 2.24) is 0 Å². The monoisotopic (exact) mass is 362 g/mol. The second-order valence-electron chi connectivity index (χ2n) is 2.00. The molecule has 0 aliphatic carbocycles. The third-order valence-corrected chi connectivity index (χ3v) is 4.09. The molecule has 0 saturated carbocycles. The number of benzene rings is 1. The lowest BCUT2D eigenvalue weighted by atomic mass is 10.2. The van der Waals surface area contributed by atoms with Crippen molar-refractivity contribution in [3.8, 4) is 0 Å². The number of hydrogen-bond donors (Lipinski definition) is 0. The van der Waals surface area contributed by atoms with Crippen molar-refractivity contribution >= 4 is 55.4 Å². The summed E-state index contributed by atoms with van der Waals surface area (Å²) < 4.78 is 13.6. The third kappa shape index (κ3) is 1.97. The first-order valence-corrected chi connectivity index (χ1v) is 5.12. The molecule has 0 atom stereocenters. The van der Waals surface area contributed by atoms with Crippen LogP contribution in [0.4, 0.5) is 4.39 Å². The first kappa shape index (κ1) is 10.4. The molecule has 0 aliphatic rings. The van der Waals surface area contributed by atoms with Crippen LogP contribution in [0.3, 0.4) is 0 Å². The Hall–Kier alpha value is 0.320. The molecule has 0 fully saturated rings. The van der Waals surface area contributed by atoms with E-state index >= 15 is 0 Å². The average Bonchev–Trinajstić information content (AvgIpc) is 2.00. The van der Waals surface area contributed by atoms with Crippen LogP contribution in [0.15, 0.2) is 16.6 Å². The Kier molecular flexibility index (Phi) is 3.48. The van der Waals surface area contributed by atoms with Gasteiger partial charge in [0, 0.05) is 9.13 Å². The van der Waals surface area contributed by atoms with Gasteiger partial charge in [-0.25, -0.2) is 4.39 Å². The van der Waals surface area contributed by atoms with Gasteiger partial charge in [-0.3, -0.25) is 4.79 Å². The molecule has 1 nitrogen and oxygen atoms in total. The van der Waals surface area contributed by atoms with Crippen LogP contribution in [0.2, 0.25) is 0 Å². The van der Waals surface area contributed by atoms with Crippen LogP contribution in [0.1, 0.15) is 10.4 Å². The number of hydrogen-bond acceptors (Lipinski definition) is 1. The molecule has 0 aromatic heterocycles. The highest BCUT2D eigenvalue weighted by atomic mass is 127. The Morgan fingerprint density at radius 3 is 2.67 bits per heavy atom. The van der Waals surface area contributed by atoms with Crippen molar-refractivity contribution in [2.45, 2.75) is 0 Å². The van der Waals surface area contributed by atoms with Gasteiger partial charge in [-0.2, -0.15) is 0 Å². The fraction of sp³-hybridized carbons (Fsp3) is 0. The van der Waals surface area contributed by atoms with Crippen molar-refractivity contribution in [2.75, 3.05) is 0 Å². The highest BCUT2D eigenvalue weighted by molar-refractivity contribution is 14.1. The zero-order valence-electron chi connectivity index (χ0n) is 5.57. The van der Waals surface area contributed by atoms with Crippen LogP contribution in [-0.4, -0.2) is 5.24 Å². The summed E-state index contributed by atoms with van der Waals surface area (Å²) in [6.45, 7) is 0. The molecule has 0 N–H and O–H groups in total. The molecule has 1 aromatic carbocycles. The lowest BCUT2D eigenvalue weighted by Gasteiger charge is -2.01. The highest BCUT2D eigenvalue weighted by Gasteiger charge is 2.12. The predicted molar refractivity (Wildman–Crippen MR) is 57.0 cm³/mol. The minimum atomic E-state index is -0.583. The second-order valence-corrected chi connectivity index (χ2v) is 4.21. The number of halogens is 4. The predicted octanol–water partition coefficient (Wildman–Crippen LogP) is 3.57. The van der Waals surface area contributed by atoms with E-state index in [0.717, 1.165) is 0 Å². The molecule has 64 valence electrons. The molecule has 1 rings (SSSR count). The maximum Gasteiger partial charge on any atom is 0.253 e. The van der Waals surface area contributed by atoms with Gasteiger partial charge in [0.15, 0.2) is 0 Å². The van der Waals surface area contributed by atoms with E-state index in [9.17, 15) is 9.18 Å². The summed E-state index contributed by atoms with van der Waals surface area (Å²) in [6.07, 6.45) is 0. The average molecular weight is 363 g/mol. The summed E-state index contributed by atoms with van der Waals surface area (Å²) in [5.41, 5.74) is 0.311. The normalized spacial score (nSPS) is 10.0. The summed E-state index contributed by atoms with van der Waals surface area (Å²) in [7, 11) is 0. The van der Waals surface area contributed by atoms with E-state index in [4.69, 9.17) is 11.6 Å². The van der Waals surface area contributed by atoms with Crippen molar-refractivity contribution < 1.29 is 9.18 Å². The summed E-state index contributed by atoms with van der Waals surface area (Å²) in [5.74, 6) is -0.402. The number of carbonyl (C=O) groups is 1. The number of carbonyl (C=O) groups excluding carboxylic acids is 1. The SMILES string of the molecule is O=C(Cl)c1ccc(F)c(Br)c1I. The quantitative estimate of drug-likeness (QED) is 0.424. The Morgan fingerprint density at radius 2 is 2.17 bits per heavy atom. The van der Waals surface area contributed by atoms with Crippen LogP contribution in [-0.2, 0) is 0 Å². The maximum absolute atomic E-state index is 12.8. The molecule has 0 spiro atoms. The maximum atomic E-state index is 12.8. The zero-order chi connectivity index (χ0) is 9.30. The van der Waals surface area contributed by atoms with E-state index in [1.807, 2.05) is 22.6 Å². The fourth-order valence-electron chi connectivity index (χ4n) is 0.678. The van der Waals surface area contributed by atoms with Crippen LogP contribution < -0.4 is 0 Å². The molecule has 0 heterocycles. The van der Waals surface area contributed by atoms with Crippen LogP contribution in [0.5, 0.6) is 0 Å². The van der Waals surface area contributed by atoms with Gasteiger partial charge in [-0.15, -0.1) is 0 Å². The van der Waals surface area contributed by atoms with E-state index in [-0.39, 0.29) is 4.47 Å². The molecule has 5 heteroatoms. The van der Waals surface area contributed by atoms with Gasteiger partial charge in [0.25, 0.3) is 5.24 Å². The Morgan fingerprint density at radius 1 is 1.58 bits per heavy atom. The molecule has 0 aliphatic heterocycles. The van der Waals surface area contributed by atoms with E-state index in [0.29, 0.717) is 9.13 Å². The van der Waals surface area contributed by atoms with E-state index in [2.05, 4.69) is 15.9 Å². The topological polar surface area (TPSA) is 17.1 Å². The standard InChI is InChI=1S/C7H2BrClFIO/c8-5-4(10)2-1-3(6(5)11)7(9)12/h1-2H. The summed E-state index contributed by atoms with van der Waals surface area (Å²) in [4.78, 5) is 10.7. The first-order valence-electron chi connectivity index (χ1n) is 2.87. The highest BCUT2D eigenvalue weighted by Crippen LogP contribution is 2.26. The lowest BCUT2D eigenvalue weighted by molar-refractivity contribution is 0.108. The number of rotatable bonds is 1. The van der Waals surface area contributed by atoms with Crippen LogP contribution >= 0.6 is 50.1 Å². The first-order chi connectivity index (χ1) is 5.54. The van der Waals surface area contributed by atoms with Crippen molar-refractivity contribution in [3.05, 3.63) is 31.6 Å². The van der Waals surface area contributed by atoms with Gasteiger partial charge in [-0.1, -0.05) is 0 Å². The van der Waals surface area contributed by atoms with Gasteiger partial charge >= 0.3 is 0 Å². The summed E-state index contributed by atoms with van der Waals surface area (Å²) in [6, 6.07) is 2.55. The Labute approximate surface area is 95.6 Å². The minimum absolute atomic E-state index is 0.273. The van der Waals surface area contributed by atoms with Gasteiger partial charge in [0.05, 0.1) is 4.47 Å². The van der Waals surface area contributed by atoms with E-state index in [1.165, 1.54) is 12.1 Å². The molecule has 12 heavy (non-hydrogen) atoms. The second kappa shape index (κ2) is 4.02. The van der Waals surface area contributed by atoms with Crippen molar-refractivity contribution in [2.24, 2.45) is 0 Å². The fourth-order valence-corrected chi connectivity index (χ4v) is 2.02. The largest absolute Gasteiger partial charge is 0.276 e.